The molecular formula is C13H14N2O4. The quantitative estimate of drug-likeness (QED) is 0.866. The summed E-state index contributed by atoms with van der Waals surface area (Å²) in [5.41, 5.74) is 1.28. The summed E-state index contributed by atoms with van der Waals surface area (Å²) in [7, 11) is 0. The van der Waals surface area contributed by atoms with E-state index < -0.39 is 5.97 Å². The average Bonchev–Trinajstić information content (AvgIpc) is 2.98. The van der Waals surface area contributed by atoms with Gasteiger partial charge >= 0.3 is 11.7 Å². The van der Waals surface area contributed by atoms with Gasteiger partial charge in [0.05, 0.1) is 23.2 Å². The van der Waals surface area contributed by atoms with E-state index in [1.807, 2.05) is 0 Å². The lowest BCUT2D eigenvalue weighted by molar-refractivity contribution is 0.0697. The summed E-state index contributed by atoms with van der Waals surface area (Å²) < 4.78 is 6.90. The van der Waals surface area contributed by atoms with Crippen LogP contribution in [0.4, 0.5) is 0 Å². The van der Waals surface area contributed by atoms with Gasteiger partial charge in [0.2, 0.25) is 0 Å². The second-order valence-corrected chi connectivity index (χ2v) is 4.81. The Kier molecular flexibility index (Phi) is 2.87. The number of nitrogens with one attached hydrogen (secondary N) is 1. The van der Waals surface area contributed by atoms with Crippen LogP contribution in [-0.4, -0.2) is 33.8 Å². The molecule has 0 bridgehead atoms. The number of benzene rings is 1. The Labute approximate surface area is 108 Å². The predicted octanol–water partition coefficient (Wildman–Crippen LogP) is 1.06. The van der Waals surface area contributed by atoms with Gasteiger partial charge in [0.1, 0.15) is 0 Å². The molecule has 1 fully saturated rings. The SMILES string of the molecule is O=C(O)c1ccc2[nH]c(=O)n(CC3CCOC3)c2c1. The molecule has 2 N–H and O–H groups in total. The molecule has 6 nitrogen and oxygen atoms in total. The molecule has 19 heavy (non-hydrogen) atoms. The van der Waals surface area contributed by atoms with Crippen LogP contribution in [0.3, 0.4) is 0 Å². The lowest BCUT2D eigenvalue weighted by Gasteiger charge is -2.08. The van der Waals surface area contributed by atoms with Crippen LogP contribution in [-0.2, 0) is 11.3 Å². The molecule has 1 aromatic carbocycles. The summed E-state index contributed by atoms with van der Waals surface area (Å²) >= 11 is 0. The molecule has 0 saturated carbocycles. The topological polar surface area (TPSA) is 84.3 Å². The van der Waals surface area contributed by atoms with E-state index >= 15 is 0 Å². The van der Waals surface area contributed by atoms with Crippen molar-refractivity contribution in [2.24, 2.45) is 5.92 Å². The van der Waals surface area contributed by atoms with Gasteiger partial charge < -0.3 is 14.8 Å². The Morgan fingerprint density at radius 1 is 1.53 bits per heavy atom. The summed E-state index contributed by atoms with van der Waals surface area (Å²) in [6.45, 7) is 1.93. The van der Waals surface area contributed by atoms with Crippen molar-refractivity contribution in [2.75, 3.05) is 13.2 Å². The van der Waals surface area contributed by atoms with E-state index in [0.29, 0.717) is 30.1 Å². The number of aromatic carboxylic acids is 1. The molecule has 0 aliphatic carbocycles. The average molecular weight is 262 g/mol. The number of aromatic nitrogens is 2. The first-order chi connectivity index (χ1) is 9.15. The number of rotatable bonds is 3. The van der Waals surface area contributed by atoms with Crippen LogP contribution in [0.2, 0.25) is 0 Å². The van der Waals surface area contributed by atoms with Crippen LogP contribution < -0.4 is 5.69 Å². The summed E-state index contributed by atoms with van der Waals surface area (Å²) in [5, 5.41) is 9.01. The van der Waals surface area contributed by atoms with Gasteiger partial charge in [0.25, 0.3) is 0 Å². The van der Waals surface area contributed by atoms with E-state index in [0.717, 1.165) is 13.0 Å². The molecule has 0 spiro atoms. The highest BCUT2D eigenvalue weighted by Gasteiger charge is 2.19. The van der Waals surface area contributed by atoms with E-state index in [4.69, 9.17) is 9.84 Å². The maximum absolute atomic E-state index is 11.9. The van der Waals surface area contributed by atoms with Gasteiger partial charge in [-0.15, -0.1) is 0 Å². The molecule has 1 aliphatic heterocycles. The minimum Gasteiger partial charge on any atom is -0.478 e. The van der Waals surface area contributed by atoms with E-state index in [2.05, 4.69) is 4.98 Å². The van der Waals surface area contributed by atoms with Crippen molar-refractivity contribution < 1.29 is 14.6 Å². The van der Waals surface area contributed by atoms with Gasteiger partial charge in [-0.3, -0.25) is 4.57 Å². The molecule has 1 unspecified atom stereocenters. The number of H-pyrrole nitrogens is 1. The monoisotopic (exact) mass is 262 g/mol. The van der Waals surface area contributed by atoms with Crippen LogP contribution in [0, 0.1) is 5.92 Å². The van der Waals surface area contributed by atoms with Gasteiger partial charge in [-0.25, -0.2) is 9.59 Å². The van der Waals surface area contributed by atoms with Crippen LogP contribution in [0.25, 0.3) is 11.0 Å². The lowest BCUT2D eigenvalue weighted by atomic mass is 10.1. The second kappa shape index (κ2) is 4.55. The fourth-order valence-corrected chi connectivity index (χ4v) is 2.45. The van der Waals surface area contributed by atoms with Crippen LogP contribution in [0.5, 0.6) is 0 Å². The third kappa shape index (κ3) is 2.15. The third-order valence-electron chi connectivity index (χ3n) is 3.49. The standard InChI is InChI=1S/C13H14N2O4/c16-12(17)9-1-2-10-11(5-9)15(13(18)14-10)6-8-3-4-19-7-8/h1-2,5,8H,3-4,6-7H2,(H,14,18)(H,16,17). The molecule has 1 saturated heterocycles. The Balaban J connectivity index is 2.05. The zero-order valence-electron chi connectivity index (χ0n) is 10.3. The Morgan fingerprint density at radius 2 is 2.37 bits per heavy atom. The lowest BCUT2D eigenvalue weighted by Crippen LogP contribution is -2.21. The largest absolute Gasteiger partial charge is 0.478 e. The van der Waals surface area contributed by atoms with Gasteiger partial charge in [-0.05, 0) is 24.6 Å². The molecule has 100 valence electrons. The van der Waals surface area contributed by atoms with E-state index in [9.17, 15) is 9.59 Å². The van der Waals surface area contributed by atoms with Crippen molar-refractivity contribution in [3.05, 3.63) is 34.2 Å². The zero-order valence-corrected chi connectivity index (χ0v) is 10.3. The maximum Gasteiger partial charge on any atom is 0.335 e. The first-order valence-electron chi connectivity index (χ1n) is 6.19. The minimum absolute atomic E-state index is 0.183. The number of fused-ring (bicyclic) bond motifs is 1. The van der Waals surface area contributed by atoms with Gasteiger partial charge in [-0.1, -0.05) is 0 Å². The normalized spacial score (nSPS) is 19.1. The van der Waals surface area contributed by atoms with Crippen molar-refractivity contribution in [1.82, 2.24) is 9.55 Å². The van der Waals surface area contributed by atoms with Crippen LogP contribution in [0.1, 0.15) is 16.8 Å². The molecule has 3 rings (SSSR count). The second-order valence-electron chi connectivity index (χ2n) is 4.81. The molecule has 2 aromatic rings. The fourth-order valence-electron chi connectivity index (χ4n) is 2.45. The van der Waals surface area contributed by atoms with Crippen molar-refractivity contribution in [1.29, 1.82) is 0 Å². The molecular weight excluding hydrogens is 248 g/mol. The Bertz CT molecular complexity index is 679. The van der Waals surface area contributed by atoms with E-state index in [-0.39, 0.29) is 11.3 Å². The first-order valence-corrected chi connectivity index (χ1v) is 6.19. The molecule has 1 aromatic heterocycles. The van der Waals surface area contributed by atoms with Crippen molar-refractivity contribution in [3.8, 4) is 0 Å². The summed E-state index contributed by atoms with van der Waals surface area (Å²) in [4.78, 5) is 25.7. The molecule has 1 atom stereocenters. The van der Waals surface area contributed by atoms with Crippen molar-refractivity contribution in [2.45, 2.75) is 13.0 Å². The summed E-state index contributed by atoms with van der Waals surface area (Å²) in [5.74, 6) is -0.684. The number of carbonyl (C=O) groups is 1. The molecule has 0 radical (unpaired) electrons. The highest BCUT2D eigenvalue weighted by Crippen LogP contribution is 2.18. The number of nitrogens with zero attached hydrogens (tertiary/aromatic N) is 1. The number of imidazole rings is 1. The molecule has 2 heterocycles. The van der Waals surface area contributed by atoms with Gasteiger partial charge in [0, 0.05) is 19.1 Å². The van der Waals surface area contributed by atoms with Crippen molar-refractivity contribution >= 4 is 17.0 Å². The Morgan fingerprint density at radius 3 is 3.05 bits per heavy atom. The van der Waals surface area contributed by atoms with Gasteiger partial charge in [0.15, 0.2) is 0 Å². The fraction of sp³-hybridized carbons (Fsp3) is 0.385. The molecule has 6 heteroatoms. The summed E-state index contributed by atoms with van der Waals surface area (Å²) in [6.07, 6.45) is 0.928. The maximum atomic E-state index is 11.9. The number of carboxylic acids is 1. The number of hydrogen-bond acceptors (Lipinski definition) is 3. The van der Waals surface area contributed by atoms with Crippen LogP contribution in [0.15, 0.2) is 23.0 Å². The molecule has 0 amide bonds. The summed E-state index contributed by atoms with van der Waals surface area (Å²) in [6, 6.07) is 4.65. The van der Waals surface area contributed by atoms with Crippen LogP contribution >= 0.6 is 0 Å². The number of hydrogen-bond donors (Lipinski definition) is 2. The number of ether oxygens (including phenoxy) is 1. The first kappa shape index (κ1) is 12.0. The van der Waals surface area contributed by atoms with Crippen molar-refractivity contribution in [3.63, 3.8) is 0 Å². The highest BCUT2D eigenvalue weighted by atomic mass is 16.5. The third-order valence-corrected chi connectivity index (χ3v) is 3.49. The minimum atomic E-state index is -0.994. The Hall–Kier alpha value is -2.08. The van der Waals surface area contributed by atoms with E-state index in [1.165, 1.54) is 12.1 Å². The molecule has 1 aliphatic rings. The van der Waals surface area contributed by atoms with E-state index in [1.54, 1.807) is 10.6 Å². The smallest absolute Gasteiger partial charge is 0.335 e. The predicted molar refractivity (Wildman–Crippen MR) is 68.4 cm³/mol. The van der Waals surface area contributed by atoms with Gasteiger partial charge in [-0.2, -0.15) is 0 Å². The highest BCUT2D eigenvalue weighted by molar-refractivity contribution is 5.92. The number of carboxylic acid groups (broad SMARTS) is 1. The zero-order chi connectivity index (χ0) is 13.4. The number of aromatic amines is 1.